The highest BCUT2D eigenvalue weighted by Gasteiger charge is 2.59. The molecule has 1 aromatic heterocycles. The molecule has 8 nitrogen and oxygen atoms in total. The van der Waals surface area contributed by atoms with E-state index in [-0.39, 0.29) is 49.6 Å². The van der Waals surface area contributed by atoms with E-state index in [2.05, 4.69) is 4.98 Å². The molecule has 0 bridgehead atoms. The van der Waals surface area contributed by atoms with E-state index in [1.807, 2.05) is 5.32 Å². The fourth-order valence-corrected chi connectivity index (χ4v) is 6.11. The lowest BCUT2D eigenvalue weighted by Crippen LogP contribution is -2.68. The molecule has 2 aromatic rings. The highest BCUT2D eigenvalue weighted by Crippen LogP contribution is 2.45. The third-order valence-electron chi connectivity index (χ3n) is 6.45. The van der Waals surface area contributed by atoms with E-state index in [0.29, 0.717) is 12.8 Å². The van der Waals surface area contributed by atoms with Gasteiger partial charge in [-0.2, -0.15) is 13.1 Å². The van der Waals surface area contributed by atoms with Gasteiger partial charge in [0.2, 0.25) is 0 Å². The van der Waals surface area contributed by atoms with E-state index in [1.165, 1.54) is 29.0 Å². The van der Waals surface area contributed by atoms with Crippen LogP contribution in [0.2, 0.25) is 0 Å². The zero-order chi connectivity index (χ0) is 23.0. The number of benzene rings is 1. The number of sulfonamides is 1. The number of nitrogens with zero attached hydrogens (tertiary/aromatic N) is 4. The van der Waals surface area contributed by atoms with Gasteiger partial charge in [0.25, 0.3) is 15.9 Å². The Bertz CT molecular complexity index is 1060. The molecule has 0 unspecified atom stereocenters. The molecule has 2 heterocycles. The zero-order valence-corrected chi connectivity index (χ0v) is 18.7. The Labute approximate surface area is 186 Å². The minimum absolute atomic E-state index is 0.0514. The van der Waals surface area contributed by atoms with Crippen LogP contribution < -0.4 is 5.32 Å². The van der Waals surface area contributed by atoms with Gasteiger partial charge in [0, 0.05) is 45.0 Å². The third kappa shape index (κ3) is 4.04. The van der Waals surface area contributed by atoms with Gasteiger partial charge in [-0.15, -0.1) is 0 Å². The van der Waals surface area contributed by atoms with Gasteiger partial charge in [-0.1, -0.05) is 31.0 Å². The largest absolute Gasteiger partial charge is 0.343 e. The monoisotopic (exact) mass is 467 g/mol. The fraction of sp³-hybridized carbons (Fsp3) is 0.524. The number of hydrogen-bond acceptors (Lipinski definition) is 5. The van der Waals surface area contributed by atoms with Crippen LogP contribution in [0, 0.1) is 0 Å². The van der Waals surface area contributed by atoms with Crippen LogP contribution in [-0.2, 0) is 17.1 Å². The molecular weight excluding hydrogens is 440 g/mol. The highest BCUT2D eigenvalue weighted by molar-refractivity contribution is 7.89. The van der Waals surface area contributed by atoms with Crippen molar-refractivity contribution < 1.29 is 22.0 Å². The zero-order valence-electron chi connectivity index (χ0n) is 17.9. The van der Waals surface area contributed by atoms with E-state index in [1.54, 1.807) is 34.7 Å². The van der Waals surface area contributed by atoms with Gasteiger partial charge in [0.05, 0.1) is 6.33 Å². The molecule has 1 saturated heterocycles. The van der Waals surface area contributed by atoms with Crippen molar-refractivity contribution in [2.24, 2.45) is 7.05 Å². The quantitative estimate of drug-likeness (QED) is 0.658. The lowest BCUT2D eigenvalue weighted by Gasteiger charge is -2.48. The second kappa shape index (κ2) is 8.53. The molecule has 1 N–H and O–H groups in total. The summed E-state index contributed by atoms with van der Waals surface area (Å²) in [6, 6.07) is 4.49. The first-order chi connectivity index (χ1) is 15.2. The van der Waals surface area contributed by atoms with E-state index in [9.17, 15) is 13.2 Å². The van der Waals surface area contributed by atoms with Crippen LogP contribution in [-0.4, -0.2) is 70.8 Å². The molecule has 0 radical (unpaired) electrons. The molecule has 174 valence electrons. The lowest BCUT2D eigenvalue weighted by molar-refractivity contribution is -0.162. The number of rotatable bonds is 6. The van der Waals surface area contributed by atoms with E-state index in [0.717, 1.165) is 0 Å². The molecular formula is C21H27F2N5O3S. The highest BCUT2D eigenvalue weighted by atomic mass is 32.2. The second-order valence-electron chi connectivity index (χ2n) is 8.40. The number of alkyl halides is 2. The first-order valence-electron chi connectivity index (χ1n) is 10.6. The minimum Gasteiger partial charge on any atom is -0.339 e. The summed E-state index contributed by atoms with van der Waals surface area (Å²) < 4.78 is 59.7. The molecule has 2 fully saturated rings. The molecule has 11 heteroatoms. The van der Waals surface area contributed by atoms with Crippen LogP contribution in [0.4, 0.5) is 8.78 Å². The molecule has 4 rings (SSSR count). The van der Waals surface area contributed by atoms with Crippen molar-refractivity contribution in [3.05, 3.63) is 48.4 Å². The Morgan fingerprint density at radius 3 is 2.28 bits per heavy atom. The predicted octanol–water partition coefficient (Wildman–Crippen LogP) is 2.06. The second-order valence-corrected chi connectivity index (χ2v) is 10.3. The Morgan fingerprint density at radius 1 is 1.09 bits per heavy atom. The van der Waals surface area contributed by atoms with Gasteiger partial charge in [-0.3, -0.25) is 15.0 Å². The van der Waals surface area contributed by atoms with E-state index < -0.39 is 27.5 Å². The van der Waals surface area contributed by atoms with Gasteiger partial charge < -0.3 is 4.57 Å². The summed E-state index contributed by atoms with van der Waals surface area (Å²) >= 11 is 0. The third-order valence-corrected chi connectivity index (χ3v) is 8.24. The summed E-state index contributed by atoms with van der Waals surface area (Å²) in [5.41, 5.74) is -1.36. The van der Waals surface area contributed by atoms with Gasteiger partial charge >= 0.3 is 6.05 Å². The Kier molecular flexibility index (Phi) is 6.08. The molecule has 1 aromatic carbocycles. The van der Waals surface area contributed by atoms with Crippen molar-refractivity contribution >= 4 is 15.9 Å². The summed E-state index contributed by atoms with van der Waals surface area (Å²) in [7, 11) is -2.10. The number of aryl methyl sites for hydroxylation is 1. The smallest absolute Gasteiger partial charge is 0.339 e. The summed E-state index contributed by atoms with van der Waals surface area (Å²) in [6.07, 6.45) is 4.57. The fourth-order valence-electron chi connectivity index (χ4n) is 4.72. The van der Waals surface area contributed by atoms with Crippen LogP contribution in [0.3, 0.4) is 0 Å². The van der Waals surface area contributed by atoms with Crippen molar-refractivity contribution in [1.82, 2.24) is 24.1 Å². The lowest BCUT2D eigenvalue weighted by atomic mass is 9.90. The van der Waals surface area contributed by atoms with Gasteiger partial charge in [0.1, 0.15) is 5.54 Å². The number of nitrogens with one attached hydrogen (secondary N) is 1. The minimum atomic E-state index is -3.78. The van der Waals surface area contributed by atoms with Crippen LogP contribution >= 0.6 is 0 Å². The molecule has 32 heavy (non-hydrogen) atoms. The van der Waals surface area contributed by atoms with E-state index in [4.69, 9.17) is 0 Å². The van der Waals surface area contributed by atoms with Crippen LogP contribution in [0.5, 0.6) is 0 Å². The number of imidazole rings is 1. The number of halogens is 2. The van der Waals surface area contributed by atoms with Gasteiger partial charge in [-0.25, -0.2) is 13.4 Å². The van der Waals surface area contributed by atoms with Crippen LogP contribution in [0.15, 0.2) is 47.9 Å². The van der Waals surface area contributed by atoms with Crippen LogP contribution in [0.1, 0.15) is 36.0 Å². The first-order valence-corrected chi connectivity index (χ1v) is 12.1. The number of aromatic nitrogens is 2. The molecule has 0 spiro atoms. The van der Waals surface area contributed by atoms with Gasteiger partial charge in [-0.05, 0) is 25.0 Å². The summed E-state index contributed by atoms with van der Waals surface area (Å²) in [4.78, 5) is 18.1. The number of piperazine rings is 1. The molecule has 1 aliphatic heterocycles. The number of hydrogen-bond donors (Lipinski definition) is 1. The maximum absolute atomic E-state index is 15.6. The standard InChI is InChI=1S/C21H27F2N5O3S/c1-26-15-18(24-16-26)32(30,31)28-13-11-27(12-14-28)20(9-5-6-10-20)21(22,23)25-19(29)17-7-3-2-4-8-17/h2-4,7-8,15-16H,5-6,9-14H2,1H3,(H,25,29). The number of carbonyl (C=O) groups is 1. The van der Waals surface area contributed by atoms with Crippen molar-refractivity contribution in [2.45, 2.75) is 42.3 Å². The molecule has 2 aliphatic rings. The predicted molar refractivity (Wildman–Crippen MR) is 114 cm³/mol. The summed E-state index contributed by atoms with van der Waals surface area (Å²) in [5, 5.41) is 1.91. The van der Waals surface area contributed by atoms with Crippen molar-refractivity contribution in [2.75, 3.05) is 26.2 Å². The van der Waals surface area contributed by atoms with Crippen LogP contribution in [0.25, 0.3) is 0 Å². The van der Waals surface area contributed by atoms with E-state index >= 15 is 8.78 Å². The molecule has 1 saturated carbocycles. The molecule has 1 amide bonds. The summed E-state index contributed by atoms with van der Waals surface area (Å²) in [6.45, 7) is 0.485. The summed E-state index contributed by atoms with van der Waals surface area (Å²) in [5.74, 6) is -0.821. The average Bonchev–Trinajstić information content (AvgIpc) is 3.45. The molecule has 0 atom stereocenters. The Hall–Kier alpha value is -2.37. The maximum Gasteiger partial charge on any atom is 0.343 e. The van der Waals surface area contributed by atoms with Gasteiger partial charge in [0.15, 0.2) is 5.03 Å². The van der Waals surface area contributed by atoms with Crippen molar-refractivity contribution in [1.29, 1.82) is 0 Å². The topological polar surface area (TPSA) is 87.5 Å². The SMILES string of the molecule is Cn1cnc(S(=O)(=O)N2CCN(C3(C(F)(F)NC(=O)c4ccccc4)CCCC3)CC2)c1. The number of amides is 1. The average molecular weight is 468 g/mol. The number of carbonyl (C=O) groups excluding carboxylic acids is 1. The molecule has 1 aliphatic carbocycles. The van der Waals surface area contributed by atoms with Crippen molar-refractivity contribution in [3.63, 3.8) is 0 Å². The van der Waals surface area contributed by atoms with Crippen molar-refractivity contribution in [3.8, 4) is 0 Å². The normalized spacial score (nSPS) is 20.3. The Balaban J connectivity index is 1.50. The maximum atomic E-state index is 15.6. The Morgan fingerprint density at radius 2 is 1.72 bits per heavy atom. The first kappa shape index (κ1) is 22.8.